The van der Waals surface area contributed by atoms with E-state index in [2.05, 4.69) is 97.9 Å². The Kier molecular flexibility index (Phi) is 5.39. The zero-order valence-corrected chi connectivity index (χ0v) is 24.5. The smallest absolute Gasteiger partial charge is 0.138 e. The van der Waals surface area contributed by atoms with Crippen LogP contribution in [0.15, 0.2) is 115 Å². The van der Waals surface area contributed by atoms with Gasteiger partial charge in [-0.1, -0.05) is 127 Å². The third-order valence-electron chi connectivity index (χ3n) is 9.46. The molecule has 1 heterocycles. The summed E-state index contributed by atoms with van der Waals surface area (Å²) in [4.78, 5) is 0. The van der Waals surface area contributed by atoms with Crippen LogP contribution in [0.2, 0.25) is 0 Å². The molecule has 1 atom stereocenters. The summed E-state index contributed by atoms with van der Waals surface area (Å²) in [5.41, 5.74) is 5.16. The van der Waals surface area contributed by atoms with E-state index in [0.717, 1.165) is 17.2 Å². The molecule has 0 saturated carbocycles. The normalized spacial score (nSPS) is 14.8. The number of thiophene rings is 1. The van der Waals surface area contributed by atoms with Crippen LogP contribution in [-0.4, -0.2) is 0 Å². The van der Waals surface area contributed by atoms with Crippen molar-refractivity contribution in [1.29, 1.82) is 0 Å². The van der Waals surface area contributed by atoms with Gasteiger partial charge in [-0.2, -0.15) is 0 Å². The second-order valence-electron chi connectivity index (χ2n) is 11.7. The average molecular weight is 571 g/mol. The van der Waals surface area contributed by atoms with E-state index in [4.69, 9.17) is 0 Å². The van der Waals surface area contributed by atoms with E-state index in [-0.39, 0.29) is 11.7 Å². The molecule has 204 valence electrons. The van der Waals surface area contributed by atoms with Gasteiger partial charge in [-0.15, -0.1) is 11.3 Å². The maximum absolute atomic E-state index is 15.6. The lowest BCUT2D eigenvalue weighted by molar-refractivity contribution is 0.651. The summed E-state index contributed by atoms with van der Waals surface area (Å²) < 4.78 is 18.3. The number of hydrogen-bond donors (Lipinski definition) is 0. The van der Waals surface area contributed by atoms with E-state index in [1.165, 1.54) is 63.6 Å². The molecule has 43 heavy (non-hydrogen) atoms. The van der Waals surface area contributed by atoms with Crippen molar-refractivity contribution in [2.24, 2.45) is 0 Å². The third kappa shape index (κ3) is 3.54. The first-order valence-corrected chi connectivity index (χ1v) is 15.7. The molecule has 0 radical (unpaired) electrons. The first-order chi connectivity index (χ1) is 21.2. The number of hydrogen-bond acceptors (Lipinski definition) is 1. The van der Waals surface area contributed by atoms with E-state index < -0.39 is 0 Å². The Morgan fingerprint density at radius 3 is 1.70 bits per heavy atom. The minimum absolute atomic E-state index is 0.125. The molecule has 0 fully saturated rings. The highest BCUT2D eigenvalue weighted by atomic mass is 32.1. The van der Waals surface area contributed by atoms with Crippen molar-refractivity contribution >= 4 is 76.7 Å². The fourth-order valence-electron chi connectivity index (χ4n) is 7.53. The lowest BCUT2D eigenvalue weighted by Crippen LogP contribution is -2.23. The van der Waals surface area contributed by atoms with Crippen molar-refractivity contribution in [2.75, 3.05) is 0 Å². The number of benzene rings is 7. The molecule has 1 unspecified atom stereocenters. The zero-order chi connectivity index (χ0) is 28.7. The SMILES string of the molecule is Cc1c2ccccc2c(-c2cccc3c4c(sc23)=CC(c2c3ccccc3c(F)c3ccccc23)CC=4)c2ccccc12. The third-order valence-corrected chi connectivity index (χ3v) is 10.7. The van der Waals surface area contributed by atoms with E-state index >= 15 is 4.39 Å². The van der Waals surface area contributed by atoms with E-state index in [9.17, 15) is 0 Å². The molecular formula is C41H27FS. The summed E-state index contributed by atoms with van der Waals surface area (Å²) in [7, 11) is 0. The number of aryl methyl sites for hydroxylation is 1. The van der Waals surface area contributed by atoms with Crippen LogP contribution >= 0.6 is 11.3 Å². The van der Waals surface area contributed by atoms with Gasteiger partial charge in [-0.05, 0) is 67.6 Å². The second kappa shape index (κ2) is 9.36. The van der Waals surface area contributed by atoms with Gasteiger partial charge in [0, 0.05) is 36.9 Å². The lowest BCUT2D eigenvalue weighted by atomic mass is 9.84. The van der Waals surface area contributed by atoms with Crippen molar-refractivity contribution < 1.29 is 4.39 Å². The fraction of sp³-hybridized carbons (Fsp3) is 0.0732. The maximum Gasteiger partial charge on any atom is 0.138 e. The van der Waals surface area contributed by atoms with Gasteiger partial charge in [0.1, 0.15) is 5.82 Å². The molecule has 0 spiro atoms. The Bertz CT molecular complexity index is 2460. The van der Waals surface area contributed by atoms with Crippen LogP contribution < -0.4 is 9.75 Å². The van der Waals surface area contributed by atoms with E-state index in [1.807, 2.05) is 47.7 Å². The summed E-state index contributed by atoms with van der Waals surface area (Å²) in [5.74, 6) is 0.0416. The molecular weight excluding hydrogens is 544 g/mol. The van der Waals surface area contributed by atoms with Gasteiger partial charge in [0.05, 0.1) is 0 Å². The average Bonchev–Trinajstić information content (AvgIpc) is 3.44. The van der Waals surface area contributed by atoms with Gasteiger partial charge in [-0.3, -0.25) is 0 Å². The predicted molar refractivity (Wildman–Crippen MR) is 184 cm³/mol. The monoisotopic (exact) mass is 570 g/mol. The van der Waals surface area contributed by atoms with Crippen molar-refractivity contribution in [3.63, 3.8) is 0 Å². The molecule has 0 nitrogen and oxygen atoms in total. The Balaban J connectivity index is 1.33. The molecule has 8 aromatic rings. The van der Waals surface area contributed by atoms with Gasteiger partial charge >= 0.3 is 0 Å². The summed E-state index contributed by atoms with van der Waals surface area (Å²) in [6.07, 6.45) is 5.75. The number of rotatable bonds is 2. The Morgan fingerprint density at radius 1 is 0.581 bits per heavy atom. The van der Waals surface area contributed by atoms with Crippen LogP contribution in [0.25, 0.3) is 76.5 Å². The van der Waals surface area contributed by atoms with Crippen LogP contribution in [0.5, 0.6) is 0 Å². The largest absolute Gasteiger partial charge is 0.206 e. The second-order valence-corrected chi connectivity index (χ2v) is 12.7. The van der Waals surface area contributed by atoms with E-state index in [0.29, 0.717) is 10.8 Å². The molecule has 0 amide bonds. The van der Waals surface area contributed by atoms with Crippen LogP contribution in [0.4, 0.5) is 4.39 Å². The predicted octanol–water partition coefficient (Wildman–Crippen LogP) is 10.4. The molecule has 9 rings (SSSR count). The summed E-state index contributed by atoms with van der Waals surface area (Å²) in [6.45, 7) is 2.24. The summed E-state index contributed by atoms with van der Waals surface area (Å²) >= 11 is 1.89. The maximum atomic E-state index is 15.6. The molecule has 0 aliphatic heterocycles. The fourth-order valence-corrected chi connectivity index (χ4v) is 8.85. The molecule has 2 heteroatoms. The highest BCUT2D eigenvalue weighted by Crippen LogP contribution is 2.43. The Hall–Kier alpha value is -4.79. The lowest BCUT2D eigenvalue weighted by Gasteiger charge is -2.20. The summed E-state index contributed by atoms with van der Waals surface area (Å²) in [6, 6.07) is 40.4. The molecule has 1 aromatic heterocycles. The first-order valence-electron chi connectivity index (χ1n) is 14.9. The topological polar surface area (TPSA) is 0 Å². The quantitative estimate of drug-likeness (QED) is 0.181. The Morgan fingerprint density at radius 2 is 1.09 bits per heavy atom. The highest BCUT2D eigenvalue weighted by Gasteiger charge is 2.22. The number of halogens is 1. The van der Waals surface area contributed by atoms with Gasteiger partial charge in [-0.25, -0.2) is 4.39 Å². The zero-order valence-electron chi connectivity index (χ0n) is 23.7. The van der Waals surface area contributed by atoms with E-state index in [1.54, 1.807) is 0 Å². The van der Waals surface area contributed by atoms with Crippen molar-refractivity contribution in [3.05, 3.63) is 142 Å². The van der Waals surface area contributed by atoms with Crippen LogP contribution in [-0.2, 0) is 0 Å². The van der Waals surface area contributed by atoms with Crippen LogP contribution in [0.3, 0.4) is 0 Å². The van der Waals surface area contributed by atoms with Crippen molar-refractivity contribution in [3.8, 4) is 11.1 Å². The molecule has 0 bridgehead atoms. The standard InChI is InChI=1S/C41H27FS/c1-24-26-11-2-4-13-29(26)39(30-14-5-3-12-27(24)30)36-20-10-19-35-28-22-21-25(23-37(28)43-41(35)36)38-31-15-6-8-17-33(31)40(42)34-18-9-7-16-32(34)38/h2-20,22-23,25H,21H2,1H3. The number of fused-ring (bicyclic) bond motifs is 7. The van der Waals surface area contributed by atoms with Gasteiger partial charge in [0.25, 0.3) is 0 Å². The molecule has 0 N–H and O–H groups in total. The molecule has 1 aliphatic carbocycles. The minimum Gasteiger partial charge on any atom is -0.206 e. The van der Waals surface area contributed by atoms with Crippen LogP contribution in [0.1, 0.15) is 23.5 Å². The van der Waals surface area contributed by atoms with Gasteiger partial charge in [0.15, 0.2) is 0 Å². The highest BCUT2D eigenvalue weighted by molar-refractivity contribution is 7.17. The van der Waals surface area contributed by atoms with Gasteiger partial charge in [0.2, 0.25) is 0 Å². The molecule has 1 aliphatic rings. The van der Waals surface area contributed by atoms with Crippen molar-refractivity contribution in [2.45, 2.75) is 19.3 Å². The van der Waals surface area contributed by atoms with Crippen molar-refractivity contribution in [1.82, 2.24) is 0 Å². The summed E-state index contributed by atoms with van der Waals surface area (Å²) in [5, 5.41) is 11.3. The Labute approximate surface area is 252 Å². The first kappa shape index (κ1) is 24.8. The van der Waals surface area contributed by atoms with Crippen LogP contribution in [0, 0.1) is 12.7 Å². The molecule has 7 aromatic carbocycles. The minimum atomic E-state index is -0.125. The molecule has 0 saturated heterocycles. The van der Waals surface area contributed by atoms with Gasteiger partial charge < -0.3 is 0 Å².